The monoisotopic (exact) mass is 299 g/mol. The molecule has 0 unspecified atom stereocenters. The number of hydrogen-bond acceptors (Lipinski definition) is 2. The summed E-state index contributed by atoms with van der Waals surface area (Å²) >= 11 is 0. The highest BCUT2D eigenvalue weighted by Crippen LogP contribution is 2.15. The van der Waals surface area contributed by atoms with Gasteiger partial charge in [-0.15, -0.1) is 0 Å². The van der Waals surface area contributed by atoms with E-state index in [1.165, 1.54) is 44.9 Å². The van der Waals surface area contributed by atoms with Crippen LogP contribution in [0.2, 0.25) is 0 Å². The molecule has 0 radical (unpaired) electrons. The van der Waals surface area contributed by atoms with Crippen molar-refractivity contribution in [3.63, 3.8) is 0 Å². The van der Waals surface area contributed by atoms with Crippen LogP contribution in [-0.2, 0) is 4.79 Å². The number of rotatable bonds is 14. The molecule has 3 nitrogen and oxygen atoms in total. The quantitative estimate of drug-likeness (QED) is 0.461. The Labute approximate surface area is 131 Å². The minimum Gasteiger partial charge on any atom is -0.394 e. The summed E-state index contributed by atoms with van der Waals surface area (Å²) in [6.45, 7) is 6.30. The van der Waals surface area contributed by atoms with E-state index in [1.807, 2.05) is 13.8 Å². The van der Waals surface area contributed by atoms with Gasteiger partial charge in [0.15, 0.2) is 0 Å². The van der Waals surface area contributed by atoms with Crippen LogP contribution in [0.3, 0.4) is 0 Å². The zero-order chi connectivity index (χ0) is 16.0. The maximum absolute atomic E-state index is 11.9. The summed E-state index contributed by atoms with van der Waals surface area (Å²) in [6.07, 6.45) is 13.6. The number of aliphatic hydroxyl groups is 1. The van der Waals surface area contributed by atoms with Gasteiger partial charge in [0.25, 0.3) is 0 Å². The van der Waals surface area contributed by atoms with Gasteiger partial charge in [-0.3, -0.25) is 4.79 Å². The van der Waals surface area contributed by atoms with Crippen LogP contribution in [0.25, 0.3) is 0 Å². The number of carbonyl (C=O) groups is 1. The Kier molecular flexibility index (Phi) is 12.8. The molecule has 0 aliphatic carbocycles. The van der Waals surface area contributed by atoms with Gasteiger partial charge < -0.3 is 10.4 Å². The van der Waals surface area contributed by atoms with E-state index in [0.29, 0.717) is 6.42 Å². The molecule has 0 aromatic rings. The van der Waals surface area contributed by atoms with Gasteiger partial charge in [-0.1, -0.05) is 72.1 Å². The van der Waals surface area contributed by atoms with Crippen LogP contribution in [0.1, 0.15) is 97.8 Å². The topological polar surface area (TPSA) is 49.3 Å². The lowest BCUT2D eigenvalue weighted by Gasteiger charge is -2.30. The van der Waals surface area contributed by atoms with Crippen molar-refractivity contribution in [1.29, 1.82) is 0 Å². The Balaban J connectivity index is 3.58. The van der Waals surface area contributed by atoms with Crippen LogP contribution in [0.15, 0.2) is 0 Å². The molecule has 0 aliphatic heterocycles. The molecule has 0 aliphatic rings. The van der Waals surface area contributed by atoms with E-state index < -0.39 is 5.54 Å². The molecule has 0 atom stereocenters. The molecule has 0 aromatic carbocycles. The van der Waals surface area contributed by atoms with Gasteiger partial charge in [0.05, 0.1) is 12.1 Å². The summed E-state index contributed by atoms with van der Waals surface area (Å²) in [6, 6.07) is 0. The largest absolute Gasteiger partial charge is 0.394 e. The first-order valence-electron chi connectivity index (χ1n) is 9.06. The summed E-state index contributed by atoms with van der Waals surface area (Å²) < 4.78 is 0. The standard InChI is InChI=1S/C18H37NO2/c1-4-7-8-9-10-11-12-13-14-15-17(21)19-18(5-2,6-3)16-20/h20H,4-16H2,1-3H3,(H,19,21). The second-order valence-corrected chi connectivity index (χ2v) is 6.27. The van der Waals surface area contributed by atoms with Crippen molar-refractivity contribution in [2.45, 2.75) is 103 Å². The molecule has 0 aromatic heterocycles. The fraction of sp³-hybridized carbons (Fsp3) is 0.944. The van der Waals surface area contributed by atoms with E-state index in [4.69, 9.17) is 0 Å². The second-order valence-electron chi connectivity index (χ2n) is 6.27. The smallest absolute Gasteiger partial charge is 0.220 e. The van der Waals surface area contributed by atoms with Gasteiger partial charge in [0.1, 0.15) is 0 Å². The third-order valence-corrected chi connectivity index (χ3v) is 4.57. The fourth-order valence-electron chi connectivity index (χ4n) is 2.64. The SMILES string of the molecule is CCCCCCCCCCCC(=O)NC(CC)(CC)CO. The average molecular weight is 299 g/mol. The number of unbranched alkanes of at least 4 members (excludes halogenated alkanes) is 8. The van der Waals surface area contributed by atoms with Crippen LogP contribution in [0.4, 0.5) is 0 Å². The van der Waals surface area contributed by atoms with Crippen molar-refractivity contribution in [3.8, 4) is 0 Å². The molecule has 126 valence electrons. The third kappa shape index (κ3) is 9.89. The highest BCUT2D eigenvalue weighted by molar-refractivity contribution is 5.76. The Morgan fingerprint density at radius 2 is 1.33 bits per heavy atom. The van der Waals surface area contributed by atoms with Crippen LogP contribution in [-0.4, -0.2) is 23.2 Å². The summed E-state index contributed by atoms with van der Waals surface area (Å²) in [5.74, 6) is 0.0932. The highest BCUT2D eigenvalue weighted by atomic mass is 16.3. The van der Waals surface area contributed by atoms with Crippen LogP contribution < -0.4 is 5.32 Å². The second kappa shape index (κ2) is 13.1. The van der Waals surface area contributed by atoms with Gasteiger partial charge in [0, 0.05) is 6.42 Å². The summed E-state index contributed by atoms with van der Waals surface area (Å²) in [5, 5.41) is 12.5. The van der Waals surface area contributed by atoms with Crippen molar-refractivity contribution in [1.82, 2.24) is 5.32 Å². The molecular formula is C18H37NO2. The first kappa shape index (κ1) is 20.4. The number of nitrogens with one attached hydrogen (secondary N) is 1. The molecule has 1 amide bonds. The molecule has 0 saturated heterocycles. The number of aliphatic hydroxyl groups excluding tert-OH is 1. The number of carbonyl (C=O) groups excluding carboxylic acids is 1. The molecule has 3 heteroatoms. The van der Waals surface area contributed by atoms with Crippen LogP contribution >= 0.6 is 0 Å². The molecule has 2 N–H and O–H groups in total. The zero-order valence-electron chi connectivity index (χ0n) is 14.5. The Morgan fingerprint density at radius 1 is 0.857 bits per heavy atom. The number of amides is 1. The van der Waals surface area contributed by atoms with Crippen molar-refractivity contribution in [2.24, 2.45) is 0 Å². The number of hydrogen-bond donors (Lipinski definition) is 2. The third-order valence-electron chi connectivity index (χ3n) is 4.57. The maximum Gasteiger partial charge on any atom is 0.220 e. The predicted molar refractivity (Wildman–Crippen MR) is 90.4 cm³/mol. The van der Waals surface area contributed by atoms with Gasteiger partial charge >= 0.3 is 0 Å². The molecule has 0 fully saturated rings. The lowest BCUT2D eigenvalue weighted by atomic mass is 9.93. The van der Waals surface area contributed by atoms with Crippen LogP contribution in [0, 0.1) is 0 Å². The van der Waals surface area contributed by atoms with E-state index in [0.717, 1.165) is 25.7 Å². The van der Waals surface area contributed by atoms with E-state index in [9.17, 15) is 9.90 Å². The van der Waals surface area contributed by atoms with Gasteiger partial charge in [-0.2, -0.15) is 0 Å². The zero-order valence-corrected chi connectivity index (χ0v) is 14.5. The molecule has 0 saturated carbocycles. The highest BCUT2D eigenvalue weighted by Gasteiger charge is 2.26. The summed E-state index contributed by atoms with van der Waals surface area (Å²) in [5.41, 5.74) is -0.406. The van der Waals surface area contributed by atoms with Crippen molar-refractivity contribution in [2.75, 3.05) is 6.61 Å². The van der Waals surface area contributed by atoms with Gasteiger partial charge in [-0.05, 0) is 19.3 Å². The normalized spacial score (nSPS) is 11.6. The lowest BCUT2D eigenvalue weighted by Crippen LogP contribution is -2.50. The first-order valence-corrected chi connectivity index (χ1v) is 9.06. The summed E-state index contributed by atoms with van der Waals surface area (Å²) in [4.78, 5) is 11.9. The van der Waals surface area contributed by atoms with Gasteiger partial charge in [-0.25, -0.2) is 0 Å². The van der Waals surface area contributed by atoms with E-state index >= 15 is 0 Å². The molecule has 0 bridgehead atoms. The Hall–Kier alpha value is -0.570. The maximum atomic E-state index is 11.9. The predicted octanol–water partition coefficient (Wildman–Crippen LogP) is 4.57. The molecule has 0 spiro atoms. The van der Waals surface area contributed by atoms with E-state index in [-0.39, 0.29) is 12.5 Å². The van der Waals surface area contributed by atoms with Gasteiger partial charge in [0.2, 0.25) is 5.91 Å². The van der Waals surface area contributed by atoms with E-state index in [2.05, 4.69) is 12.2 Å². The Morgan fingerprint density at radius 3 is 1.76 bits per heavy atom. The van der Waals surface area contributed by atoms with Crippen LogP contribution in [0.5, 0.6) is 0 Å². The van der Waals surface area contributed by atoms with Crippen molar-refractivity contribution in [3.05, 3.63) is 0 Å². The molecule has 21 heavy (non-hydrogen) atoms. The van der Waals surface area contributed by atoms with Crippen molar-refractivity contribution < 1.29 is 9.90 Å². The Bertz CT molecular complexity index is 241. The fourth-order valence-corrected chi connectivity index (χ4v) is 2.64. The first-order chi connectivity index (χ1) is 10.1. The minimum atomic E-state index is -0.406. The summed E-state index contributed by atoms with van der Waals surface area (Å²) in [7, 11) is 0. The molecule has 0 rings (SSSR count). The lowest BCUT2D eigenvalue weighted by molar-refractivity contribution is -0.123. The minimum absolute atomic E-state index is 0.0312. The van der Waals surface area contributed by atoms with E-state index in [1.54, 1.807) is 0 Å². The molecule has 0 heterocycles. The average Bonchev–Trinajstić information content (AvgIpc) is 2.51. The van der Waals surface area contributed by atoms with Crippen molar-refractivity contribution >= 4 is 5.91 Å². The molecular weight excluding hydrogens is 262 g/mol.